The smallest absolute Gasteiger partial charge is 0.119 e. The third kappa shape index (κ3) is 2.58. The second-order valence-electron chi connectivity index (χ2n) is 5.95. The number of rotatable bonds is 3. The molecule has 0 bridgehead atoms. The molecular weight excluding hydrogens is 312 g/mol. The summed E-state index contributed by atoms with van der Waals surface area (Å²) in [5, 5.41) is 2.53. The van der Waals surface area contributed by atoms with Gasteiger partial charge >= 0.3 is 0 Å². The molecule has 0 amide bonds. The molecule has 2 heteroatoms. The van der Waals surface area contributed by atoms with Crippen LogP contribution in [0.5, 0.6) is 5.75 Å². The van der Waals surface area contributed by atoms with Gasteiger partial charge in [-0.1, -0.05) is 60.0 Å². The molecule has 3 unspecified atom stereocenters. The number of halogens is 1. The number of hydrogen-bond acceptors (Lipinski definition) is 1. The summed E-state index contributed by atoms with van der Waals surface area (Å²) in [6, 6.07) is 13.1. The Morgan fingerprint density at radius 1 is 1.10 bits per heavy atom. The van der Waals surface area contributed by atoms with Crippen LogP contribution in [0.25, 0.3) is 10.8 Å². The minimum atomic E-state index is 0.478. The molecule has 0 spiro atoms. The van der Waals surface area contributed by atoms with Gasteiger partial charge in [0.05, 0.1) is 7.11 Å². The fraction of sp³-hybridized carbons (Fsp3) is 0.444. The molecule has 0 aromatic heterocycles. The van der Waals surface area contributed by atoms with Gasteiger partial charge in [0.1, 0.15) is 5.75 Å². The van der Waals surface area contributed by atoms with Gasteiger partial charge in [-0.05, 0) is 46.7 Å². The number of hydrogen-bond donors (Lipinski definition) is 0. The van der Waals surface area contributed by atoms with Crippen molar-refractivity contribution in [2.24, 2.45) is 11.8 Å². The second kappa shape index (κ2) is 5.77. The van der Waals surface area contributed by atoms with E-state index in [1.54, 1.807) is 7.11 Å². The molecule has 3 rings (SSSR count). The molecule has 0 saturated heterocycles. The minimum Gasteiger partial charge on any atom is -0.497 e. The lowest BCUT2D eigenvalue weighted by Crippen LogP contribution is -2.10. The minimum absolute atomic E-state index is 0.478. The maximum Gasteiger partial charge on any atom is 0.119 e. The van der Waals surface area contributed by atoms with Crippen molar-refractivity contribution < 1.29 is 4.74 Å². The average Bonchev–Trinajstić information content (AvgIpc) is 2.91. The zero-order chi connectivity index (χ0) is 14.1. The molecule has 0 heterocycles. The van der Waals surface area contributed by atoms with Gasteiger partial charge in [0.25, 0.3) is 0 Å². The zero-order valence-electron chi connectivity index (χ0n) is 12.1. The molecule has 106 valence electrons. The van der Waals surface area contributed by atoms with E-state index in [0.717, 1.165) is 17.6 Å². The number of alkyl halides is 1. The maximum atomic E-state index is 5.29. The largest absolute Gasteiger partial charge is 0.497 e. The molecular formula is C18H21BrO. The highest BCUT2D eigenvalue weighted by molar-refractivity contribution is 9.09. The van der Waals surface area contributed by atoms with Crippen LogP contribution in [0, 0.1) is 11.8 Å². The van der Waals surface area contributed by atoms with Crippen LogP contribution in [0.2, 0.25) is 0 Å². The molecule has 1 fully saturated rings. The number of fused-ring (bicyclic) bond motifs is 1. The van der Waals surface area contributed by atoms with Gasteiger partial charge in [0, 0.05) is 4.83 Å². The van der Waals surface area contributed by atoms with E-state index in [2.05, 4.69) is 53.2 Å². The Morgan fingerprint density at radius 2 is 1.85 bits per heavy atom. The number of ether oxygens (including phenoxy) is 1. The quantitative estimate of drug-likeness (QED) is 0.653. The van der Waals surface area contributed by atoms with Crippen LogP contribution in [-0.4, -0.2) is 7.11 Å². The average molecular weight is 333 g/mol. The lowest BCUT2D eigenvalue weighted by atomic mass is 9.90. The van der Waals surface area contributed by atoms with Crippen molar-refractivity contribution in [3.63, 3.8) is 0 Å². The predicted molar refractivity (Wildman–Crippen MR) is 88.7 cm³/mol. The van der Waals surface area contributed by atoms with Gasteiger partial charge in [-0.25, -0.2) is 0 Å². The molecule has 0 N–H and O–H groups in total. The molecule has 2 aromatic rings. The van der Waals surface area contributed by atoms with Crippen molar-refractivity contribution in [1.82, 2.24) is 0 Å². The predicted octanol–water partition coefficient (Wildman–Crippen LogP) is 5.72. The molecule has 0 radical (unpaired) electrons. The van der Waals surface area contributed by atoms with Gasteiger partial charge in [-0.15, -0.1) is 0 Å². The normalized spacial score (nSPS) is 23.9. The van der Waals surface area contributed by atoms with Crippen LogP contribution in [0.3, 0.4) is 0 Å². The highest BCUT2D eigenvalue weighted by atomic mass is 79.9. The Bertz CT molecular complexity index is 607. The van der Waals surface area contributed by atoms with Crippen LogP contribution >= 0.6 is 15.9 Å². The van der Waals surface area contributed by atoms with E-state index >= 15 is 0 Å². The standard InChI is InChI=1S/C18H21BrO/c1-12-4-3-5-17(12)18(19)15-7-6-14-11-16(20-2)9-8-13(14)10-15/h6-12,17-18H,3-5H2,1-2H3. The summed E-state index contributed by atoms with van der Waals surface area (Å²) in [6.45, 7) is 2.39. The Hall–Kier alpha value is -1.02. The lowest BCUT2D eigenvalue weighted by molar-refractivity contribution is 0.414. The molecule has 20 heavy (non-hydrogen) atoms. The summed E-state index contributed by atoms with van der Waals surface area (Å²) in [7, 11) is 1.71. The van der Waals surface area contributed by atoms with Gasteiger partial charge in [0.15, 0.2) is 0 Å². The summed E-state index contributed by atoms with van der Waals surface area (Å²) in [5.74, 6) is 2.52. The van der Waals surface area contributed by atoms with E-state index in [4.69, 9.17) is 4.74 Å². The van der Waals surface area contributed by atoms with Crippen LogP contribution in [0.15, 0.2) is 36.4 Å². The van der Waals surface area contributed by atoms with Crippen LogP contribution in [0.1, 0.15) is 36.6 Å². The van der Waals surface area contributed by atoms with E-state index in [0.29, 0.717) is 4.83 Å². The SMILES string of the molecule is COc1ccc2cc(C(Br)C3CCCC3C)ccc2c1. The van der Waals surface area contributed by atoms with Crippen molar-refractivity contribution in [3.05, 3.63) is 42.0 Å². The van der Waals surface area contributed by atoms with E-state index in [9.17, 15) is 0 Å². The number of benzene rings is 2. The molecule has 1 aliphatic carbocycles. The first-order chi connectivity index (χ1) is 9.69. The molecule has 0 aliphatic heterocycles. The molecule has 2 aromatic carbocycles. The van der Waals surface area contributed by atoms with Crippen LogP contribution < -0.4 is 4.74 Å². The maximum absolute atomic E-state index is 5.29. The van der Waals surface area contributed by atoms with Gasteiger partial charge in [-0.2, -0.15) is 0 Å². The second-order valence-corrected chi connectivity index (χ2v) is 6.93. The third-order valence-electron chi connectivity index (χ3n) is 4.69. The van der Waals surface area contributed by atoms with E-state index in [1.165, 1.54) is 35.6 Å². The van der Waals surface area contributed by atoms with Crippen molar-refractivity contribution in [1.29, 1.82) is 0 Å². The summed E-state index contributed by atoms with van der Waals surface area (Å²) in [4.78, 5) is 0.478. The first-order valence-electron chi connectivity index (χ1n) is 7.41. The highest BCUT2D eigenvalue weighted by Gasteiger charge is 2.30. The summed E-state index contributed by atoms with van der Waals surface area (Å²) in [5.41, 5.74) is 1.40. The van der Waals surface area contributed by atoms with Gasteiger partial charge in [0.2, 0.25) is 0 Å². The van der Waals surface area contributed by atoms with Crippen LogP contribution in [-0.2, 0) is 0 Å². The fourth-order valence-corrected chi connectivity index (χ4v) is 4.47. The summed E-state index contributed by atoms with van der Waals surface area (Å²) >= 11 is 3.94. The zero-order valence-corrected chi connectivity index (χ0v) is 13.7. The summed E-state index contributed by atoms with van der Waals surface area (Å²) < 4.78 is 5.29. The van der Waals surface area contributed by atoms with Gasteiger partial charge < -0.3 is 4.74 Å². The van der Waals surface area contributed by atoms with E-state index in [-0.39, 0.29) is 0 Å². The van der Waals surface area contributed by atoms with E-state index < -0.39 is 0 Å². The van der Waals surface area contributed by atoms with Crippen molar-refractivity contribution in [2.75, 3.05) is 7.11 Å². The van der Waals surface area contributed by atoms with Crippen molar-refractivity contribution in [3.8, 4) is 5.75 Å². The first kappa shape index (κ1) is 13.9. The molecule has 1 nitrogen and oxygen atoms in total. The Kier molecular flexibility index (Phi) is 4.02. The Balaban J connectivity index is 1.92. The Morgan fingerprint density at radius 3 is 2.55 bits per heavy atom. The van der Waals surface area contributed by atoms with Crippen molar-refractivity contribution >= 4 is 26.7 Å². The van der Waals surface area contributed by atoms with Crippen LogP contribution in [0.4, 0.5) is 0 Å². The summed E-state index contributed by atoms with van der Waals surface area (Å²) in [6.07, 6.45) is 4.09. The molecule has 1 saturated carbocycles. The first-order valence-corrected chi connectivity index (χ1v) is 8.32. The Labute approximate surface area is 129 Å². The monoisotopic (exact) mass is 332 g/mol. The van der Waals surface area contributed by atoms with Crippen molar-refractivity contribution in [2.45, 2.75) is 31.0 Å². The topological polar surface area (TPSA) is 9.23 Å². The van der Waals surface area contributed by atoms with E-state index in [1.807, 2.05) is 6.07 Å². The highest BCUT2D eigenvalue weighted by Crippen LogP contribution is 2.45. The lowest BCUT2D eigenvalue weighted by Gasteiger charge is -2.22. The van der Waals surface area contributed by atoms with Gasteiger partial charge in [-0.3, -0.25) is 0 Å². The molecule has 1 aliphatic rings. The third-order valence-corrected chi connectivity index (χ3v) is 5.90. The fourth-order valence-electron chi connectivity index (χ4n) is 3.40. The molecule has 3 atom stereocenters. The number of methoxy groups -OCH3 is 1.